The van der Waals surface area contributed by atoms with Crippen molar-refractivity contribution in [2.45, 2.75) is 19.9 Å². The second-order valence-corrected chi connectivity index (χ2v) is 4.78. The maximum Gasteiger partial charge on any atom is 0.125 e. The monoisotopic (exact) mass is 293 g/mol. The molecule has 90 valence electrons. The Morgan fingerprint density at radius 2 is 2.12 bits per heavy atom. The summed E-state index contributed by atoms with van der Waals surface area (Å²) in [6, 6.07) is 10.3. The summed E-state index contributed by atoms with van der Waals surface area (Å²) in [5.74, 6) is 0.943. The van der Waals surface area contributed by atoms with E-state index in [9.17, 15) is 0 Å². The van der Waals surface area contributed by atoms with Gasteiger partial charge in [-0.3, -0.25) is 0 Å². The van der Waals surface area contributed by atoms with E-state index in [2.05, 4.69) is 53.3 Å². The Hall–Kier alpha value is -1.06. The van der Waals surface area contributed by atoms with Crippen LogP contribution in [-0.4, -0.2) is 6.54 Å². The highest BCUT2D eigenvalue weighted by atomic mass is 79.9. The summed E-state index contributed by atoms with van der Waals surface area (Å²) < 4.78 is 6.66. The van der Waals surface area contributed by atoms with Gasteiger partial charge in [0.25, 0.3) is 0 Å². The first-order chi connectivity index (χ1) is 8.24. The molecule has 1 atom stereocenters. The molecule has 1 aromatic heterocycles. The Kier molecular flexibility index (Phi) is 4.02. The number of hydrogen-bond acceptors (Lipinski definition) is 2. The molecular weight excluding hydrogens is 278 g/mol. The van der Waals surface area contributed by atoms with Crippen molar-refractivity contribution in [3.05, 3.63) is 58.0 Å². The zero-order chi connectivity index (χ0) is 12.3. The van der Waals surface area contributed by atoms with Crippen molar-refractivity contribution in [3.63, 3.8) is 0 Å². The molecule has 0 aliphatic carbocycles. The standard InChI is InChI=1S/C14H16BrNO/c1-3-16-14(12-8-5-9-17-12)11-7-4-6-10(2)13(11)15/h4-9,14,16H,3H2,1-2H3. The number of halogens is 1. The van der Waals surface area contributed by atoms with Crippen LogP contribution in [0.4, 0.5) is 0 Å². The maximum absolute atomic E-state index is 5.51. The van der Waals surface area contributed by atoms with Crippen LogP contribution in [0.25, 0.3) is 0 Å². The van der Waals surface area contributed by atoms with E-state index in [0.29, 0.717) is 0 Å². The highest BCUT2D eigenvalue weighted by Crippen LogP contribution is 2.30. The molecule has 1 unspecified atom stereocenters. The Bertz CT molecular complexity index is 479. The summed E-state index contributed by atoms with van der Waals surface area (Å²) in [5, 5.41) is 3.45. The van der Waals surface area contributed by atoms with Gasteiger partial charge in [0.15, 0.2) is 0 Å². The van der Waals surface area contributed by atoms with Gasteiger partial charge >= 0.3 is 0 Å². The van der Waals surface area contributed by atoms with Crippen LogP contribution in [0.3, 0.4) is 0 Å². The minimum absolute atomic E-state index is 0.101. The third kappa shape index (κ3) is 2.61. The molecule has 0 amide bonds. The zero-order valence-electron chi connectivity index (χ0n) is 10.0. The van der Waals surface area contributed by atoms with Crippen molar-refractivity contribution in [1.29, 1.82) is 0 Å². The minimum atomic E-state index is 0.101. The third-order valence-electron chi connectivity index (χ3n) is 2.77. The maximum atomic E-state index is 5.51. The van der Waals surface area contributed by atoms with Gasteiger partial charge in [-0.2, -0.15) is 0 Å². The van der Waals surface area contributed by atoms with E-state index in [4.69, 9.17) is 4.42 Å². The fourth-order valence-electron chi connectivity index (χ4n) is 1.92. The molecule has 2 nitrogen and oxygen atoms in total. The molecular formula is C14H16BrNO. The lowest BCUT2D eigenvalue weighted by Crippen LogP contribution is -2.22. The molecule has 0 radical (unpaired) electrons. The molecule has 2 aromatic rings. The number of hydrogen-bond donors (Lipinski definition) is 1. The SMILES string of the molecule is CCNC(c1ccco1)c1cccc(C)c1Br. The number of aryl methyl sites for hydroxylation is 1. The van der Waals surface area contributed by atoms with Crippen LogP contribution >= 0.6 is 15.9 Å². The number of rotatable bonds is 4. The Balaban J connectivity index is 2.43. The van der Waals surface area contributed by atoms with Gasteiger partial charge < -0.3 is 9.73 Å². The van der Waals surface area contributed by atoms with Crippen molar-refractivity contribution in [2.24, 2.45) is 0 Å². The van der Waals surface area contributed by atoms with Gasteiger partial charge in [0.05, 0.1) is 12.3 Å². The highest BCUT2D eigenvalue weighted by molar-refractivity contribution is 9.10. The lowest BCUT2D eigenvalue weighted by molar-refractivity contribution is 0.451. The largest absolute Gasteiger partial charge is 0.467 e. The fourth-order valence-corrected chi connectivity index (χ4v) is 2.41. The Morgan fingerprint density at radius 1 is 1.29 bits per heavy atom. The molecule has 0 bridgehead atoms. The number of furan rings is 1. The van der Waals surface area contributed by atoms with Crippen LogP contribution in [0.2, 0.25) is 0 Å². The van der Waals surface area contributed by atoms with Crippen molar-refractivity contribution in [1.82, 2.24) is 5.32 Å². The normalized spacial score (nSPS) is 12.6. The first kappa shape index (κ1) is 12.4. The smallest absolute Gasteiger partial charge is 0.125 e. The van der Waals surface area contributed by atoms with Crippen LogP contribution in [0.5, 0.6) is 0 Å². The summed E-state index contributed by atoms with van der Waals surface area (Å²) in [5.41, 5.74) is 2.44. The van der Waals surface area contributed by atoms with Crippen molar-refractivity contribution >= 4 is 15.9 Å². The number of benzene rings is 1. The van der Waals surface area contributed by atoms with Crippen molar-refractivity contribution < 1.29 is 4.42 Å². The van der Waals surface area contributed by atoms with Gasteiger partial charge in [-0.1, -0.05) is 41.1 Å². The second kappa shape index (κ2) is 5.52. The van der Waals surface area contributed by atoms with Crippen LogP contribution in [0.1, 0.15) is 29.9 Å². The Labute approximate surface area is 110 Å². The van der Waals surface area contributed by atoms with Gasteiger partial charge in [0, 0.05) is 4.47 Å². The first-order valence-electron chi connectivity index (χ1n) is 5.75. The summed E-state index contributed by atoms with van der Waals surface area (Å²) in [4.78, 5) is 0. The van der Waals surface area contributed by atoms with Gasteiger partial charge in [0.2, 0.25) is 0 Å². The average Bonchev–Trinajstić information content (AvgIpc) is 2.84. The van der Waals surface area contributed by atoms with E-state index in [1.807, 2.05) is 12.1 Å². The van der Waals surface area contributed by atoms with Crippen LogP contribution in [-0.2, 0) is 0 Å². The molecule has 1 aromatic carbocycles. The summed E-state index contributed by atoms with van der Waals surface area (Å²) >= 11 is 3.65. The molecule has 1 heterocycles. The van der Waals surface area contributed by atoms with Crippen molar-refractivity contribution in [2.75, 3.05) is 6.54 Å². The van der Waals surface area contributed by atoms with E-state index in [1.54, 1.807) is 6.26 Å². The van der Waals surface area contributed by atoms with Gasteiger partial charge in [-0.25, -0.2) is 0 Å². The van der Waals surface area contributed by atoms with Crippen LogP contribution < -0.4 is 5.32 Å². The average molecular weight is 294 g/mol. The molecule has 0 saturated heterocycles. The fraction of sp³-hybridized carbons (Fsp3) is 0.286. The summed E-state index contributed by atoms with van der Waals surface area (Å²) in [7, 11) is 0. The van der Waals surface area contributed by atoms with Gasteiger partial charge in [-0.15, -0.1) is 0 Å². The molecule has 0 spiro atoms. The van der Waals surface area contributed by atoms with E-state index >= 15 is 0 Å². The molecule has 17 heavy (non-hydrogen) atoms. The van der Waals surface area contributed by atoms with Gasteiger partial charge in [-0.05, 0) is 36.7 Å². The molecule has 0 aliphatic heterocycles. The van der Waals surface area contributed by atoms with E-state index in [-0.39, 0.29) is 6.04 Å². The minimum Gasteiger partial charge on any atom is -0.467 e. The topological polar surface area (TPSA) is 25.2 Å². The van der Waals surface area contributed by atoms with Crippen LogP contribution in [0, 0.1) is 6.92 Å². The van der Waals surface area contributed by atoms with Crippen molar-refractivity contribution in [3.8, 4) is 0 Å². The second-order valence-electron chi connectivity index (χ2n) is 3.98. The first-order valence-corrected chi connectivity index (χ1v) is 6.55. The Morgan fingerprint density at radius 3 is 2.76 bits per heavy atom. The molecule has 2 rings (SSSR count). The third-order valence-corrected chi connectivity index (χ3v) is 3.85. The van der Waals surface area contributed by atoms with E-state index in [0.717, 1.165) is 16.8 Å². The summed E-state index contributed by atoms with van der Waals surface area (Å²) in [6.07, 6.45) is 1.71. The quantitative estimate of drug-likeness (QED) is 0.920. The predicted molar refractivity (Wildman–Crippen MR) is 73.1 cm³/mol. The lowest BCUT2D eigenvalue weighted by atomic mass is 10.0. The predicted octanol–water partition coefficient (Wildman–Crippen LogP) is 4.05. The zero-order valence-corrected chi connectivity index (χ0v) is 11.6. The summed E-state index contributed by atoms with van der Waals surface area (Å²) in [6.45, 7) is 5.09. The highest BCUT2D eigenvalue weighted by Gasteiger charge is 2.18. The molecule has 0 saturated carbocycles. The molecule has 0 aliphatic rings. The van der Waals surface area contributed by atoms with E-state index < -0.39 is 0 Å². The lowest BCUT2D eigenvalue weighted by Gasteiger charge is -2.18. The molecule has 3 heteroatoms. The number of nitrogens with one attached hydrogen (secondary N) is 1. The van der Waals surface area contributed by atoms with Crippen LogP contribution in [0.15, 0.2) is 45.5 Å². The molecule has 1 N–H and O–H groups in total. The van der Waals surface area contributed by atoms with Gasteiger partial charge in [0.1, 0.15) is 5.76 Å². The molecule has 0 fully saturated rings. The van der Waals surface area contributed by atoms with E-state index in [1.165, 1.54) is 11.1 Å².